The van der Waals surface area contributed by atoms with E-state index in [1.807, 2.05) is 30.3 Å². The van der Waals surface area contributed by atoms with Crippen LogP contribution in [0.1, 0.15) is 51.0 Å². The SMILES string of the molecule is CCCCOC(=O)CCCCCN1C(=O)/C(=C/c2ccc(OC)cc2)SC1=S. The highest BCUT2D eigenvalue weighted by Crippen LogP contribution is 2.33. The maximum atomic E-state index is 12.6. The molecular formula is C21H27NO4S2. The molecule has 0 aromatic heterocycles. The van der Waals surface area contributed by atoms with Crippen molar-refractivity contribution in [3.05, 3.63) is 34.7 Å². The second-order valence-corrected chi connectivity index (χ2v) is 8.17. The van der Waals surface area contributed by atoms with E-state index in [4.69, 9.17) is 21.7 Å². The molecule has 1 saturated heterocycles. The molecule has 152 valence electrons. The van der Waals surface area contributed by atoms with Crippen LogP contribution < -0.4 is 4.74 Å². The Morgan fingerprint density at radius 2 is 1.93 bits per heavy atom. The highest BCUT2D eigenvalue weighted by molar-refractivity contribution is 8.26. The lowest BCUT2D eigenvalue weighted by Gasteiger charge is -2.14. The van der Waals surface area contributed by atoms with Crippen molar-refractivity contribution in [1.82, 2.24) is 4.90 Å². The first-order chi connectivity index (χ1) is 13.5. The van der Waals surface area contributed by atoms with Crippen LogP contribution >= 0.6 is 24.0 Å². The van der Waals surface area contributed by atoms with Crippen molar-refractivity contribution in [2.24, 2.45) is 0 Å². The maximum absolute atomic E-state index is 12.6. The highest BCUT2D eigenvalue weighted by atomic mass is 32.2. The van der Waals surface area contributed by atoms with Crippen molar-refractivity contribution in [3.63, 3.8) is 0 Å². The lowest BCUT2D eigenvalue weighted by molar-refractivity contribution is -0.143. The van der Waals surface area contributed by atoms with E-state index in [9.17, 15) is 9.59 Å². The molecule has 1 aliphatic rings. The van der Waals surface area contributed by atoms with Gasteiger partial charge in [-0.3, -0.25) is 14.5 Å². The second-order valence-electron chi connectivity index (χ2n) is 6.49. The van der Waals surface area contributed by atoms with Crippen LogP contribution in [0.25, 0.3) is 6.08 Å². The van der Waals surface area contributed by atoms with Gasteiger partial charge in [0, 0.05) is 13.0 Å². The fourth-order valence-electron chi connectivity index (χ4n) is 2.66. The van der Waals surface area contributed by atoms with Crippen LogP contribution in [0.15, 0.2) is 29.2 Å². The number of carbonyl (C=O) groups excluding carboxylic acids is 2. The number of thiocarbonyl (C=S) groups is 1. The smallest absolute Gasteiger partial charge is 0.305 e. The summed E-state index contributed by atoms with van der Waals surface area (Å²) in [6.07, 6.45) is 6.64. The maximum Gasteiger partial charge on any atom is 0.305 e. The molecule has 1 aromatic carbocycles. The number of thioether (sulfide) groups is 1. The molecule has 0 bridgehead atoms. The summed E-state index contributed by atoms with van der Waals surface area (Å²) in [6, 6.07) is 7.54. The summed E-state index contributed by atoms with van der Waals surface area (Å²) in [5.41, 5.74) is 0.933. The standard InChI is InChI=1S/C21H27NO4S2/c1-3-4-14-26-19(23)8-6-5-7-13-22-20(24)18(28-21(22)27)15-16-9-11-17(25-2)12-10-16/h9-12,15H,3-8,13-14H2,1-2H3/b18-15-. The summed E-state index contributed by atoms with van der Waals surface area (Å²) in [5, 5.41) is 0. The molecule has 5 nitrogen and oxygen atoms in total. The molecule has 0 unspecified atom stereocenters. The van der Waals surface area contributed by atoms with E-state index in [1.165, 1.54) is 11.8 Å². The number of amides is 1. The number of nitrogens with zero attached hydrogens (tertiary/aromatic N) is 1. The Balaban J connectivity index is 1.75. The van der Waals surface area contributed by atoms with Gasteiger partial charge in [0.15, 0.2) is 0 Å². The van der Waals surface area contributed by atoms with Crippen molar-refractivity contribution in [1.29, 1.82) is 0 Å². The van der Waals surface area contributed by atoms with Crippen LogP contribution in [0.5, 0.6) is 5.75 Å². The first kappa shape index (κ1) is 22.4. The normalized spacial score (nSPS) is 15.4. The zero-order chi connectivity index (χ0) is 20.4. The largest absolute Gasteiger partial charge is 0.497 e. The highest BCUT2D eigenvalue weighted by Gasteiger charge is 2.31. The topological polar surface area (TPSA) is 55.8 Å². The van der Waals surface area contributed by atoms with E-state index in [0.29, 0.717) is 28.8 Å². The second kappa shape index (κ2) is 11.9. The molecule has 0 aliphatic carbocycles. The van der Waals surface area contributed by atoms with Gasteiger partial charge in [-0.1, -0.05) is 55.9 Å². The minimum Gasteiger partial charge on any atom is -0.497 e. The van der Waals surface area contributed by atoms with E-state index in [1.54, 1.807) is 12.0 Å². The fourth-order valence-corrected chi connectivity index (χ4v) is 3.97. The quantitative estimate of drug-likeness (QED) is 0.221. The summed E-state index contributed by atoms with van der Waals surface area (Å²) >= 11 is 6.69. The van der Waals surface area contributed by atoms with Gasteiger partial charge in [0.05, 0.1) is 18.6 Å². The number of ether oxygens (including phenoxy) is 2. The van der Waals surface area contributed by atoms with Gasteiger partial charge in [-0.05, 0) is 43.0 Å². The van der Waals surface area contributed by atoms with E-state index in [2.05, 4.69) is 6.92 Å². The third-order valence-electron chi connectivity index (χ3n) is 4.31. The predicted octanol–water partition coefficient (Wildman–Crippen LogP) is 4.80. The van der Waals surface area contributed by atoms with Crippen LogP contribution in [0.2, 0.25) is 0 Å². The Morgan fingerprint density at radius 1 is 1.18 bits per heavy atom. The van der Waals surface area contributed by atoms with Crippen molar-refractivity contribution in [3.8, 4) is 5.75 Å². The summed E-state index contributed by atoms with van der Waals surface area (Å²) in [7, 11) is 1.62. The van der Waals surface area contributed by atoms with Crippen LogP contribution in [-0.2, 0) is 14.3 Å². The molecule has 1 heterocycles. The summed E-state index contributed by atoms with van der Waals surface area (Å²) in [5.74, 6) is 0.588. The van der Waals surface area contributed by atoms with Gasteiger partial charge in [-0.15, -0.1) is 0 Å². The van der Waals surface area contributed by atoms with Gasteiger partial charge >= 0.3 is 5.97 Å². The minimum absolute atomic E-state index is 0.0511. The van der Waals surface area contributed by atoms with Crippen LogP contribution in [0.4, 0.5) is 0 Å². The Labute approximate surface area is 176 Å². The van der Waals surface area contributed by atoms with Gasteiger partial charge < -0.3 is 9.47 Å². The van der Waals surface area contributed by atoms with Gasteiger partial charge in [0.2, 0.25) is 0 Å². The number of benzene rings is 1. The number of methoxy groups -OCH3 is 1. The first-order valence-electron chi connectivity index (χ1n) is 9.60. The number of rotatable bonds is 11. The van der Waals surface area contributed by atoms with Crippen molar-refractivity contribution in [2.75, 3.05) is 20.3 Å². The third kappa shape index (κ3) is 6.95. The van der Waals surface area contributed by atoms with Crippen LogP contribution in [0, 0.1) is 0 Å². The number of hydrogen-bond acceptors (Lipinski definition) is 6. The monoisotopic (exact) mass is 421 g/mol. The zero-order valence-corrected chi connectivity index (χ0v) is 18.1. The van der Waals surface area contributed by atoms with Crippen molar-refractivity contribution in [2.45, 2.75) is 45.4 Å². The molecule has 7 heteroatoms. The number of carbonyl (C=O) groups is 2. The summed E-state index contributed by atoms with van der Waals surface area (Å²) in [4.78, 5) is 26.5. The molecule has 0 N–H and O–H groups in total. The van der Waals surface area contributed by atoms with Crippen LogP contribution in [0.3, 0.4) is 0 Å². The number of hydrogen-bond donors (Lipinski definition) is 0. The molecule has 28 heavy (non-hydrogen) atoms. The predicted molar refractivity (Wildman–Crippen MR) is 117 cm³/mol. The summed E-state index contributed by atoms with van der Waals surface area (Å²) in [6.45, 7) is 3.15. The number of unbranched alkanes of at least 4 members (excludes halogenated alkanes) is 3. The van der Waals surface area contributed by atoms with Crippen molar-refractivity contribution < 1.29 is 19.1 Å². The lowest BCUT2D eigenvalue weighted by Crippen LogP contribution is -2.29. The zero-order valence-electron chi connectivity index (χ0n) is 16.4. The molecule has 1 fully saturated rings. The van der Waals surface area contributed by atoms with Gasteiger partial charge in [-0.2, -0.15) is 0 Å². The van der Waals surface area contributed by atoms with E-state index in [0.717, 1.165) is 43.4 Å². The molecule has 0 radical (unpaired) electrons. The molecule has 2 rings (SSSR count). The molecule has 1 aromatic rings. The van der Waals surface area contributed by atoms with Crippen molar-refractivity contribution >= 4 is 46.3 Å². The van der Waals surface area contributed by atoms with Gasteiger partial charge in [0.1, 0.15) is 10.1 Å². The molecular weight excluding hydrogens is 394 g/mol. The lowest BCUT2D eigenvalue weighted by atomic mass is 10.2. The molecule has 1 aliphatic heterocycles. The fraction of sp³-hybridized carbons (Fsp3) is 0.476. The Kier molecular flexibility index (Phi) is 9.50. The van der Waals surface area contributed by atoms with E-state index >= 15 is 0 Å². The molecule has 0 spiro atoms. The Morgan fingerprint density at radius 3 is 2.61 bits per heavy atom. The third-order valence-corrected chi connectivity index (χ3v) is 5.69. The molecule has 1 amide bonds. The van der Waals surface area contributed by atoms with E-state index in [-0.39, 0.29) is 11.9 Å². The first-order valence-corrected chi connectivity index (χ1v) is 10.8. The average molecular weight is 422 g/mol. The number of esters is 1. The van der Waals surface area contributed by atoms with E-state index < -0.39 is 0 Å². The minimum atomic E-state index is -0.138. The van der Waals surface area contributed by atoms with Gasteiger partial charge in [0.25, 0.3) is 5.91 Å². The molecule has 0 saturated carbocycles. The summed E-state index contributed by atoms with van der Waals surface area (Å²) < 4.78 is 10.9. The Bertz CT molecular complexity index is 716. The average Bonchev–Trinajstić information content (AvgIpc) is 2.95. The Hall–Kier alpha value is -1.86. The van der Waals surface area contributed by atoms with Crippen LogP contribution in [-0.4, -0.2) is 41.4 Å². The molecule has 0 atom stereocenters. The van der Waals surface area contributed by atoms with Gasteiger partial charge in [-0.25, -0.2) is 0 Å².